The van der Waals surface area contributed by atoms with E-state index in [9.17, 15) is 0 Å². The van der Waals surface area contributed by atoms with Crippen molar-refractivity contribution in [1.29, 1.82) is 0 Å². The third kappa shape index (κ3) is 8.40. The van der Waals surface area contributed by atoms with Crippen molar-refractivity contribution in [3.63, 3.8) is 0 Å². The fraction of sp³-hybridized carbons (Fsp3) is 0.250. The fourth-order valence-corrected chi connectivity index (χ4v) is 2.78. The van der Waals surface area contributed by atoms with Gasteiger partial charge in [-0.05, 0) is 72.8 Å². The zero-order valence-corrected chi connectivity index (χ0v) is 18.9. The Hall–Kier alpha value is -3.60. The summed E-state index contributed by atoms with van der Waals surface area (Å²) < 4.78 is 34.4. The van der Waals surface area contributed by atoms with E-state index in [4.69, 9.17) is 45.4 Å². The van der Waals surface area contributed by atoms with Crippen LogP contribution < -0.4 is 45.4 Å². The highest BCUT2D eigenvalue weighted by Gasteiger charge is 2.30. The first kappa shape index (κ1) is 25.0. The van der Waals surface area contributed by atoms with E-state index in [1.54, 1.807) is 72.8 Å². The van der Waals surface area contributed by atoms with Crippen molar-refractivity contribution in [2.45, 2.75) is 0 Å². The third-order valence-corrected chi connectivity index (χ3v) is 4.33. The molecule has 0 atom stereocenters. The van der Waals surface area contributed by atoms with Crippen LogP contribution in [-0.2, 0) is 0 Å². The van der Waals surface area contributed by atoms with Crippen molar-refractivity contribution in [3.8, 4) is 34.5 Å². The lowest BCUT2D eigenvalue weighted by atomic mass is 10.2. The van der Waals surface area contributed by atoms with Gasteiger partial charge < -0.3 is 45.4 Å². The van der Waals surface area contributed by atoms with Crippen LogP contribution in [0.2, 0.25) is 0 Å². The minimum Gasteiger partial charge on any atom is -0.492 e. The number of benzene rings is 3. The molecule has 0 fully saturated rings. The summed E-state index contributed by atoms with van der Waals surface area (Å²) in [4.78, 5) is 0. The first-order valence-corrected chi connectivity index (χ1v) is 11.0. The summed E-state index contributed by atoms with van der Waals surface area (Å²) in [5.41, 5.74) is 16.4. The zero-order chi connectivity index (χ0) is 24.0. The maximum atomic E-state index is 5.95. The normalized spacial score (nSPS) is 10.3. The topological polar surface area (TPSA) is 133 Å². The molecular weight excluding hydrogens is 437 g/mol. The number of hydrogen-bond acceptors (Lipinski definition) is 9. The molecule has 0 amide bonds. The van der Waals surface area contributed by atoms with Crippen molar-refractivity contribution >= 4 is 7.32 Å². The second-order valence-corrected chi connectivity index (χ2v) is 6.97. The molecule has 3 rings (SSSR count). The van der Waals surface area contributed by atoms with Crippen LogP contribution >= 0.6 is 0 Å². The Bertz CT molecular complexity index is 831. The lowest BCUT2D eigenvalue weighted by Gasteiger charge is -2.17. The lowest BCUT2D eigenvalue weighted by Crippen LogP contribution is -2.36. The monoisotopic (exact) mass is 467 g/mol. The van der Waals surface area contributed by atoms with E-state index in [-0.39, 0.29) is 0 Å². The van der Waals surface area contributed by atoms with Gasteiger partial charge in [-0.3, -0.25) is 0 Å². The summed E-state index contributed by atoms with van der Waals surface area (Å²) in [6, 6.07) is 21.3. The van der Waals surface area contributed by atoms with Crippen LogP contribution in [0.25, 0.3) is 0 Å². The van der Waals surface area contributed by atoms with Gasteiger partial charge in [0.2, 0.25) is 0 Å². The molecule has 0 aliphatic rings. The Balaban J connectivity index is 1.69. The van der Waals surface area contributed by atoms with Gasteiger partial charge in [0.25, 0.3) is 0 Å². The molecule has 0 aromatic heterocycles. The summed E-state index contributed by atoms with van der Waals surface area (Å²) in [6.07, 6.45) is 0. The van der Waals surface area contributed by atoms with E-state index in [1.807, 2.05) is 0 Å². The van der Waals surface area contributed by atoms with Gasteiger partial charge in [0, 0.05) is 19.6 Å². The molecule has 0 bridgehead atoms. The molecule has 9 nitrogen and oxygen atoms in total. The van der Waals surface area contributed by atoms with Crippen molar-refractivity contribution < 1.29 is 28.2 Å². The van der Waals surface area contributed by atoms with Gasteiger partial charge in [-0.1, -0.05) is 0 Å². The number of rotatable bonds is 15. The maximum absolute atomic E-state index is 5.95. The van der Waals surface area contributed by atoms with E-state index < -0.39 is 7.32 Å². The van der Waals surface area contributed by atoms with Crippen molar-refractivity contribution in [2.75, 3.05) is 39.5 Å². The van der Waals surface area contributed by atoms with Crippen LogP contribution in [0.5, 0.6) is 34.5 Å². The molecule has 3 aromatic carbocycles. The molecule has 0 aliphatic carbocycles. The Kier molecular flexibility index (Phi) is 10.2. The second kappa shape index (κ2) is 13.8. The minimum atomic E-state index is -1.07. The van der Waals surface area contributed by atoms with E-state index in [0.717, 1.165) is 0 Å². The maximum Gasteiger partial charge on any atom is 0.864 e. The number of hydrogen-bond donors (Lipinski definition) is 3. The third-order valence-electron chi connectivity index (χ3n) is 4.33. The largest absolute Gasteiger partial charge is 0.864 e. The second-order valence-electron chi connectivity index (χ2n) is 6.97. The summed E-state index contributed by atoms with van der Waals surface area (Å²) >= 11 is 0. The minimum absolute atomic E-state index is 0.436. The molecule has 0 aliphatic heterocycles. The van der Waals surface area contributed by atoms with Gasteiger partial charge in [0.05, 0.1) is 0 Å². The first-order chi connectivity index (χ1) is 16.7. The van der Waals surface area contributed by atoms with Crippen LogP contribution in [-0.4, -0.2) is 46.8 Å². The molecule has 180 valence electrons. The highest BCUT2D eigenvalue weighted by atomic mass is 16.7. The molecule has 6 N–H and O–H groups in total. The average Bonchev–Trinajstić information content (AvgIpc) is 2.87. The molecular formula is C24H30BN3O6. The Morgan fingerprint density at radius 2 is 0.647 bits per heavy atom. The fourth-order valence-electron chi connectivity index (χ4n) is 2.78. The molecule has 10 heteroatoms. The smallest absolute Gasteiger partial charge is 0.492 e. The van der Waals surface area contributed by atoms with Crippen LogP contribution in [0.4, 0.5) is 0 Å². The van der Waals surface area contributed by atoms with Crippen LogP contribution in [0.3, 0.4) is 0 Å². The summed E-state index contributed by atoms with van der Waals surface area (Å²) in [7, 11) is -1.07. The molecule has 0 heterocycles. The van der Waals surface area contributed by atoms with E-state index in [2.05, 4.69) is 0 Å². The molecule has 3 aromatic rings. The summed E-state index contributed by atoms with van der Waals surface area (Å²) in [5, 5.41) is 0. The standard InChI is InChI=1S/C24H30BN3O6/c26-13-16-29-19-1-7-22(8-2-19)32-25(33-23-9-3-20(4-10-23)30-17-14-27)34-24-11-5-21(6-12-24)31-18-15-28/h1-12H,13-18,26-28H2. The molecule has 0 saturated carbocycles. The predicted molar refractivity (Wildman–Crippen MR) is 131 cm³/mol. The molecule has 34 heavy (non-hydrogen) atoms. The molecule has 0 spiro atoms. The molecule has 0 radical (unpaired) electrons. The molecule has 0 saturated heterocycles. The predicted octanol–water partition coefficient (Wildman–Crippen LogP) is 2.22. The highest BCUT2D eigenvalue weighted by molar-refractivity contribution is 6.39. The average molecular weight is 467 g/mol. The SMILES string of the molecule is NCCOc1ccc(OB(Oc2ccc(OCCN)cc2)Oc2ccc(OCCN)cc2)cc1. The van der Waals surface area contributed by atoms with E-state index >= 15 is 0 Å². The van der Waals surface area contributed by atoms with Crippen molar-refractivity contribution in [3.05, 3.63) is 72.8 Å². The number of ether oxygens (including phenoxy) is 3. The quantitative estimate of drug-likeness (QED) is 0.288. The summed E-state index contributed by atoms with van der Waals surface area (Å²) in [6.45, 7) is 2.62. The van der Waals surface area contributed by atoms with Crippen LogP contribution in [0.15, 0.2) is 72.8 Å². The van der Waals surface area contributed by atoms with Gasteiger partial charge in [0.1, 0.15) is 54.3 Å². The highest BCUT2D eigenvalue weighted by Crippen LogP contribution is 2.24. The van der Waals surface area contributed by atoms with Gasteiger partial charge in [-0.25, -0.2) is 0 Å². The first-order valence-electron chi connectivity index (χ1n) is 11.0. The van der Waals surface area contributed by atoms with Crippen molar-refractivity contribution in [1.82, 2.24) is 0 Å². The van der Waals surface area contributed by atoms with Gasteiger partial charge in [-0.2, -0.15) is 0 Å². The van der Waals surface area contributed by atoms with Gasteiger partial charge >= 0.3 is 7.32 Å². The zero-order valence-electron chi connectivity index (χ0n) is 18.9. The van der Waals surface area contributed by atoms with Crippen LogP contribution in [0.1, 0.15) is 0 Å². The Morgan fingerprint density at radius 1 is 0.412 bits per heavy atom. The number of nitrogens with two attached hydrogens (primary N) is 3. The lowest BCUT2D eigenvalue weighted by molar-refractivity contribution is 0.303. The van der Waals surface area contributed by atoms with Crippen molar-refractivity contribution in [2.24, 2.45) is 17.2 Å². The summed E-state index contributed by atoms with van der Waals surface area (Å²) in [5.74, 6) is 3.69. The van der Waals surface area contributed by atoms with E-state index in [0.29, 0.717) is 74.0 Å². The van der Waals surface area contributed by atoms with Gasteiger partial charge in [0.15, 0.2) is 0 Å². The van der Waals surface area contributed by atoms with Crippen LogP contribution in [0, 0.1) is 0 Å². The Morgan fingerprint density at radius 3 is 0.882 bits per heavy atom. The molecule has 0 unspecified atom stereocenters. The van der Waals surface area contributed by atoms with E-state index in [1.165, 1.54) is 0 Å². The van der Waals surface area contributed by atoms with Gasteiger partial charge in [-0.15, -0.1) is 0 Å². The Labute approximate surface area is 199 Å².